The van der Waals surface area contributed by atoms with E-state index in [2.05, 4.69) is 15.5 Å². The first-order valence-electron chi connectivity index (χ1n) is 7.26. The molecule has 0 aliphatic rings. The van der Waals surface area contributed by atoms with Crippen molar-refractivity contribution >= 4 is 29.1 Å². The number of hydrogen-bond acceptors (Lipinski definition) is 6. The van der Waals surface area contributed by atoms with E-state index >= 15 is 0 Å². The number of aromatic nitrogens is 4. The molecule has 12 heteroatoms. The van der Waals surface area contributed by atoms with Crippen LogP contribution in [-0.4, -0.2) is 25.1 Å². The number of benzene rings is 2. The highest BCUT2D eigenvalue weighted by Gasteiger charge is 2.36. The number of nitro benzene ring substituents is 1. The highest BCUT2D eigenvalue weighted by Crippen LogP contribution is 2.43. The normalized spacial score (nSPS) is 11.6. The third kappa shape index (κ3) is 3.88. The molecule has 2 aromatic carbocycles. The van der Waals surface area contributed by atoms with Crippen LogP contribution in [0.5, 0.6) is 0 Å². The molecule has 0 saturated heterocycles. The van der Waals surface area contributed by atoms with Gasteiger partial charge in [0.15, 0.2) is 0 Å². The standard InChI is InChI=1S/C15H9ClF3N5O2S/c1-8-4-2-3-5-11(8)23-14(20-21-22-23)27-13-7-10(16)9(15(17,18)19)6-12(13)24(25)26/h2-7H,1H3. The first-order valence-corrected chi connectivity index (χ1v) is 8.45. The maximum atomic E-state index is 13.0. The van der Waals surface area contributed by atoms with E-state index in [1.54, 1.807) is 12.1 Å². The third-order valence-electron chi connectivity index (χ3n) is 3.54. The van der Waals surface area contributed by atoms with Gasteiger partial charge in [-0.1, -0.05) is 29.8 Å². The summed E-state index contributed by atoms with van der Waals surface area (Å²) in [4.78, 5) is 10.3. The van der Waals surface area contributed by atoms with Gasteiger partial charge in [-0.3, -0.25) is 10.1 Å². The first kappa shape index (κ1) is 19.1. The summed E-state index contributed by atoms with van der Waals surface area (Å²) in [5.74, 6) is 0. The van der Waals surface area contributed by atoms with E-state index in [1.165, 1.54) is 4.68 Å². The average molecular weight is 416 g/mol. The summed E-state index contributed by atoms with van der Waals surface area (Å²) in [7, 11) is 0. The second-order valence-electron chi connectivity index (χ2n) is 5.32. The van der Waals surface area contributed by atoms with Gasteiger partial charge in [0.05, 0.1) is 26.1 Å². The Balaban J connectivity index is 2.08. The summed E-state index contributed by atoms with van der Waals surface area (Å²) in [5, 5.41) is 22.0. The fourth-order valence-corrected chi connectivity index (χ4v) is 3.52. The van der Waals surface area contributed by atoms with Gasteiger partial charge in [-0.25, -0.2) is 0 Å². The van der Waals surface area contributed by atoms with Crippen molar-refractivity contribution < 1.29 is 18.1 Å². The van der Waals surface area contributed by atoms with Crippen LogP contribution in [0.25, 0.3) is 5.69 Å². The highest BCUT2D eigenvalue weighted by molar-refractivity contribution is 7.99. The molecule has 0 N–H and O–H groups in total. The van der Waals surface area contributed by atoms with Crippen LogP contribution in [0.3, 0.4) is 0 Å². The molecule has 0 atom stereocenters. The van der Waals surface area contributed by atoms with Gasteiger partial charge in [-0.05, 0) is 46.8 Å². The van der Waals surface area contributed by atoms with Gasteiger partial charge < -0.3 is 0 Å². The van der Waals surface area contributed by atoms with Crippen LogP contribution in [0.4, 0.5) is 18.9 Å². The van der Waals surface area contributed by atoms with Gasteiger partial charge in [0.1, 0.15) is 0 Å². The SMILES string of the molecule is Cc1ccccc1-n1nnnc1Sc1cc(Cl)c(C(F)(F)F)cc1[N+](=O)[O-]. The summed E-state index contributed by atoms with van der Waals surface area (Å²) in [6.45, 7) is 1.82. The van der Waals surface area contributed by atoms with Crippen molar-refractivity contribution in [2.24, 2.45) is 0 Å². The maximum Gasteiger partial charge on any atom is 0.418 e. The van der Waals surface area contributed by atoms with Crippen molar-refractivity contribution in [3.63, 3.8) is 0 Å². The van der Waals surface area contributed by atoms with E-state index in [4.69, 9.17) is 11.6 Å². The predicted molar refractivity (Wildman–Crippen MR) is 91.1 cm³/mol. The van der Waals surface area contributed by atoms with Crippen molar-refractivity contribution in [1.29, 1.82) is 0 Å². The first-order chi connectivity index (χ1) is 12.7. The fourth-order valence-electron chi connectivity index (χ4n) is 2.28. The highest BCUT2D eigenvalue weighted by atomic mass is 35.5. The number of nitro groups is 1. The van der Waals surface area contributed by atoms with Crippen molar-refractivity contribution in [3.05, 3.63) is 62.7 Å². The number of nitrogens with zero attached hydrogens (tertiary/aromatic N) is 5. The summed E-state index contributed by atoms with van der Waals surface area (Å²) < 4.78 is 40.3. The number of alkyl halides is 3. The molecular formula is C15H9ClF3N5O2S. The van der Waals surface area contributed by atoms with Crippen LogP contribution >= 0.6 is 23.4 Å². The number of para-hydroxylation sites is 1. The second-order valence-corrected chi connectivity index (χ2v) is 6.73. The lowest BCUT2D eigenvalue weighted by molar-refractivity contribution is -0.388. The lowest BCUT2D eigenvalue weighted by atomic mass is 10.2. The van der Waals surface area contributed by atoms with Gasteiger partial charge in [0.2, 0.25) is 5.16 Å². The number of halogens is 4. The number of aryl methyl sites for hydroxylation is 1. The second kappa shape index (κ2) is 7.16. The van der Waals surface area contributed by atoms with Gasteiger partial charge in [0.25, 0.3) is 5.69 Å². The molecular weight excluding hydrogens is 407 g/mol. The average Bonchev–Trinajstić information content (AvgIpc) is 3.01. The predicted octanol–water partition coefficient (Wildman–Crippen LogP) is 4.70. The van der Waals surface area contributed by atoms with E-state index < -0.39 is 27.4 Å². The molecule has 27 heavy (non-hydrogen) atoms. The molecule has 3 rings (SSSR count). The molecule has 0 unspecified atom stereocenters. The number of rotatable bonds is 4. The van der Waals surface area contributed by atoms with Crippen LogP contribution < -0.4 is 0 Å². The molecule has 0 fully saturated rings. The van der Waals surface area contributed by atoms with Crippen molar-refractivity contribution in [1.82, 2.24) is 20.2 Å². The molecule has 0 amide bonds. The Morgan fingerprint density at radius 2 is 1.96 bits per heavy atom. The topological polar surface area (TPSA) is 86.7 Å². The quantitative estimate of drug-likeness (QED) is 0.453. The van der Waals surface area contributed by atoms with Crippen LogP contribution in [-0.2, 0) is 6.18 Å². The fraction of sp³-hybridized carbons (Fsp3) is 0.133. The molecule has 1 aromatic heterocycles. The molecule has 140 valence electrons. The monoisotopic (exact) mass is 415 g/mol. The van der Waals surface area contributed by atoms with E-state index in [0.29, 0.717) is 11.8 Å². The Hall–Kier alpha value is -2.66. The largest absolute Gasteiger partial charge is 0.418 e. The minimum Gasteiger partial charge on any atom is -0.258 e. The molecule has 0 radical (unpaired) electrons. The smallest absolute Gasteiger partial charge is 0.258 e. The molecule has 3 aromatic rings. The van der Waals surface area contributed by atoms with Crippen molar-refractivity contribution in [3.8, 4) is 5.69 Å². The molecule has 0 bridgehead atoms. The van der Waals surface area contributed by atoms with E-state index in [0.717, 1.165) is 23.4 Å². The molecule has 0 aliphatic heterocycles. The maximum absolute atomic E-state index is 13.0. The Kier molecular flexibility index (Phi) is 5.07. The molecule has 0 spiro atoms. The summed E-state index contributed by atoms with van der Waals surface area (Å²) in [6, 6.07) is 8.44. The molecule has 0 saturated carbocycles. The van der Waals surface area contributed by atoms with Crippen LogP contribution in [0, 0.1) is 17.0 Å². The van der Waals surface area contributed by atoms with Gasteiger partial charge in [-0.15, -0.1) is 5.10 Å². The van der Waals surface area contributed by atoms with E-state index in [-0.39, 0.29) is 10.1 Å². The lowest BCUT2D eigenvalue weighted by Gasteiger charge is -2.11. The zero-order chi connectivity index (χ0) is 19.8. The van der Waals surface area contributed by atoms with Crippen LogP contribution in [0.2, 0.25) is 5.02 Å². The van der Waals surface area contributed by atoms with Crippen LogP contribution in [0.15, 0.2) is 46.5 Å². The Morgan fingerprint density at radius 3 is 2.59 bits per heavy atom. The van der Waals surface area contributed by atoms with E-state index in [9.17, 15) is 23.3 Å². The molecule has 1 heterocycles. The van der Waals surface area contributed by atoms with Crippen LogP contribution in [0.1, 0.15) is 11.1 Å². The Morgan fingerprint density at radius 1 is 1.26 bits per heavy atom. The Bertz CT molecular complexity index is 1020. The summed E-state index contributed by atoms with van der Waals surface area (Å²) in [6.07, 6.45) is -4.81. The third-order valence-corrected chi connectivity index (χ3v) is 4.83. The van der Waals surface area contributed by atoms with Crippen molar-refractivity contribution in [2.75, 3.05) is 0 Å². The minimum absolute atomic E-state index is 0.109. The van der Waals surface area contributed by atoms with Gasteiger partial charge in [-0.2, -0.15) is 17.9 Å². The number of tetrazole rings is 1. The minimum atomic E-state index is -4.81. The molecule has 7 nitrogen and oxygen atoms in total. The molecule has 0 aliphatic carbocycles. The Labute approximate surface area is 159 Å². The van der Waals surface area contributed by atoms with E-state index in [1.807, 2.05) is 19.1 Å². The summed E-state index contributed by atoms with van der Waals surface area (Å²) >= 11 is 6.44. The zero-order valence-electron chi connectivity index (χ0n) is 13.4. The van der Waals surface area contributed by atoms with Gasteiger partial charge in [0, 0.05) is 6.07 Å². The van der Waals surface area contributed by atoms with Crippen molar-refractivity contribution in [2.45, 2.75) is 23.2 Å². The number of hydrogen-bond donors (Lipinski definition) is 0. The van der Waals surface area contributed by atoms with Gasteiger partial charge >= 0.3 is 6.18 Å². The summed E-state index contributed by atoms with van der Waals surface area (Å²) in [5.41, 5.74) is -0.549. The lowest BCUT2D eigenvalue weighted by Crippen LogP contribution is -2.07. The zero-order valence-corrected chi connectivity index (χ0v) is 15.0.